The molecule has 5 nitrogen and oxygen atoms in total. The number of anilines is 2. The number of allylic oxidation sites excluding steroid dienone is 1. The lowest BCUT2D eigenvalue weighted by Gasteiger charge is -2.26. The second-order valence-corrected chi connectivity index (χ2v) is 5.45. The highest BCUT2D eigenvalue weighted by Gasteiger charge is 2.30. The zero-order valence-electron chi connectivity index (χ0n) is 13.4. The maximum Gasteiger partial charge on any atom is 0.411 e. The van der Waals surface area contributed by atoms with Crippen molar-refractivity contribution in [2.24, 2.45) is 5.41 Å². The van der Waals surface area contributed by atoms with Crippen LogP contribution in [0.3, 0.4) is 0 Å². The van der Waals surface area contributed by atoms with Crippen LogP contribution in [-0.4, -0.2) is 19.1 Å². The molecule has 0 bridgehead atoms. The van der Waals surface area contributed by atoms with Gasteiger partial charge < -0.3 is 10.1 Å². The molecular formula is C17H24N2O3. The molecule has 0 radical (unpaired) electrons. The normalized spacial score (nSPS) is 12.9. The van der Waals surface area contributed by atoms with Crippen LogP contribution in [-0.2, 0) is 9.53 Å². The minimum atomic E-state index is -0.550. The summed E-state index contributed by atoms with van der Waals surface area (Å²) in [7, 11) is 1.30. The van der Waals surface area contributed by atoms with Crippen LogP contribution in [0, 0.1) is 5.41 Å². The number of nitrogens with one attached hydrogen (secondary N) is 2. The fourth-order valence-electron chi connectivity index (χ4n) is 2.30. The smallest absolute Gasteiger partial charge is 0.411 e. The van der Waals surface area contributed by atoms with E-state index in [2.05, 4.69) is 28.9 Å². The average Bonchev–Trinajstić information content (AvgIpc) is 2.48. The van der Waals surface area contributed by atoms with E-state index in [0.29, 0.717) is 17.8 Å². The molecule has 120 valence electrons. The first-order valence-electron chi connectivity index (χ1n) is 7.32. The number of benzene rings is 1. The molecule has 1 unspecified atom stereocenters. The Hall–Kier alpha value is -2.30. The van der Waals surface area contributed by atoms with E-state index in [1.54, 1.807) is 30.3 Å². The molecular weight excluding hydrogens is 280 g/mol. The maximum atomic E-state index is 12.5. The molecule has 0 aliphatic heterocycles. The highest BCUT2D eigenvalue weighted by atomic mass is 16.5. The van der Waals surface area contributed by atoms with Crippen LogP contribution in [0.5, 0.6) is 0 Å². The Kier molecular flexibility index (Phi) is 6.63. The number of ether oxygens (including phenoxy) is 1. The van der Waals surface area contributed by atoms with Gasteiger partial charge in [-0.15, -0.1) is 6.58 Å². The highest BCUT2D eigenvalue weighted by Crippen LogP contribution is 2.30. The molecule has 0 aliphatic rings. The number of hydrogen-bond donors (Lipinski definition) is 2. The standard InChI is InChI=1S/C17H24N2O3/c1-5-10-17(3,11-6-2)15(20)18-13-8-7-9-14(12-13)19-16(21)22-4/h5,7-9,12H,1,6,10-11H2,2-4H3,(H,18,20)(H,19,21). The molecule has 0 heterocycles. The number of methoxy groups -OCH3 is 1. The van der Waals surface area contributed by atoms with Crippen molar-refractivity contribution in [1.29, 1.82) is 0 Å². The summed E-state index contributed by atoms with van der Waals surface area (Å²) in [5.41, 5.74) is 0.707. The lowest BCUT2D eigenvalue weighted by atomic mass is 9.81. The van der Waals surface area contributed by atoms with Crippen LogP contribution in [0.2, 0.25) is 0 Å². The Morgan fingerprint density at radius 3 is 2.50 bits per heavy atom. The number of carbonyl (C=O) groups excluding carboxylic acids is 2. The van der Waals surface area contributed by atoms with E-state index in [0.717, 1.165) is 12.8 Å². The fraction of sp³-hybridized carbons (Fsp3) is 0.412. The summed E-state index contributed by atoms with van der Waals surface area (Å²) < 4.78 is 4.54. The Morgan fingerprint density at radius 1 is 1.32 bits per heavy atom. The minimum Gasteiger partial charge on any atom is -0.453 e. The number of hydrogen-bond acceptors (Lipinski definition) is 3. The van der Waals surface area contributed by atoms with Crippen molar-refractivity contribution in [3.8, 4) is 0 Å². The van der Waals surface area contributed by atoms with Crippen molar-refractivity contribution in [3.63, 3.8) is 0 Å². The Labute approximate surface area is 131 Å². The van der Waals surface area contributed by atoms with Crippen molar-refractivity contribution >= 4 is 23.4 Å². The van der Waals surface area contributed by atoms with Gasteiger partial charge in [-0.2, -0.15) is 0 Å². The topological polar surface area (TPSA) is 67.4 Å². The lowest BCUT2D eigenvalue weighted by Crippen LogP contribution is -2.33. The average molecular weight is 304 g/mol. The van der Waals surface area contributed by atoms with E-state index in [1.165, 1.54) is 7.11 Å². The first-order chi connectivity index (χ1) is 10.4. The summed E-state index contributed by atoms with van der Waals surface area (Å²) in [5, 5.41) is 5.47. The van der Waals surface area contributed by atoms with Gasteiger partial charge in [0.2, 0.25) is 5.91 Å². The van der Waals surface area contributed by atoms with E-state index < -0.39 is 11.5 Å². The van der Waals surface area contributed by atoms with Crippen LogP contribution in [0.1, 0.15) is 33.1 Å². The van der Waals surface area contributed by atoms with E-state index in [4.69, 9.17) is 0 Å². The second-order valence-electron chi connectivity index (χ2n) is 5.45. The van der Waals surface area contributed by atoms with Gasteiger partial charge in [-0.25, -0.2) is 4.79 Å². The van der Waals surface area contributed by atoms with Crippen molar-refractivity contribution in [2.75, 3.05) is 17.7 Å². The first kappa shape index (κ1) is 17.8. The molecule has 1 rings (SSSR count). The monoisotopic (exact) mass is 304 g/mol. The van der Waals surface area contributed by atoms with Crippen LogP contribution >= 0.6 is 0 Å². The predicted octanol–water partition coefficient (Wildman–Crippen LogP) is 4.19. The van der Waals surface area contributed by atoms with Crippen molar-refractivity contribution < 1.29 is 14.3 Å². The summed E-state index contributed by atoms with van der Waals surface area (Å²) in [4.78, 5) is 23.7. The van der Waals surface area contributed by atoms with Crippen LogP contribution < -0.4 is 10.6 Å². The Bertz CT molecular complexity index is 542. The summed E-state index contributed by atoms with van der Waals surface area (Å²) in [6.45, 7) is 7.72. The molecule has 1 atom stereocenters. The van der Waals surface area contributed by atoms with Gasteiger partial charge >= 0.3 is 6.09 Å². The van der Waals surface area contributed by atoms with Gasteiger partial charge in [0.1, 0.15) is 0 Å². The molecule has 0 aliphatic carbocycles. The van der Waals surface area contributed by atoms with E-state index in [9.17, 15) is 9.59 Å². The number of amides is 2. The van der Waals surface area contributed by atoms with Crippen molar-refractivity contribution in [3.05, 3.63) is 36.9 Å². The van der Waals surface area contributed by atoms with Crippen LogP contribution in [0.25, 0.3) is 0 Å². The largest absolute Gasteiger partial charge is 0.453 e. The summed E-state index contributed by atoms with van der Waals surface area (Å²) in [5.74, 6) is -0.0514. The Morgan fingerprint density at radius 2 is 1.95 bits per heavy atom. The number of carbonyl (C=O) groups is 2. The fourth-order valence-corrected chi connectivity index (χ4v) is 2.30. The minimum absolute atomic E-state index is 0.0514. The quantitative estimate of drug-likeness (QED) is 0.742. The maximum absolute atomic E-state index is 12.5. The third-order valence-electron chi connectivity index (χ3n) is 3.50. The third kappa shape index (κ3) is 4.91. The first-order valence-corrected chi connectivity index (χ1v) is 7.32. The van der Waals surface area contributed by atoms with Crippen molar-refractivity contribution in [2.45, 2.75) is 33.1 Å². The van der Waals surface area contributed by atoms with Gasteiger partial charge in [0, 0.05) is 11.4 Å². The zero-order chi connectivity index (χ0) is 16.6. The summed E-state index contributed by atoms with van der Waals surface area (Å²) in [6, 6.07) is 6.95. The SMILES string of the molecule is C=CCC(C)(CCC)C(=O)Nc1cccc(NC(=O)OC)c1. The van der Waals surface area contributed by atoms with Crippen molar-refractivity contribution in [1.82, 2.24) is 0 Å². The zero-order valence-corrected chi connectivity index (χ0v) is 13.4. The van der Waals surface area contributed by atoms with Gasteiger partial charge in [-0.1, -0.05) is 32.4 Å². The molecule has 0 saturated carbocycles. The van der Waals surface area contributed by atoms with Gasteiger partial charge in [0.05, 0.1) is 12.5 Å². The molecule has 2 amide bonds. The van der Waals surface area contributed by atoms with E-state index in [1.807, 2.05) is 6.92 Å². The van der Waals surface area contributed by atoms with Gasteiger partial charge in [0.25, 0.3) is 0 Å². The van der Waals surface area contributed by atoms with Gasteiger partial charge in [0.15, 0.2) is 0 Å². The molecule has 1 aromatic carbocycles. The third-order valence-corrected chi connectivity index (χ3v) is 3.50. The van der Waals surface area contributed by atoms with Gasteiger partial charge in [-0.3, -0.25) is 10.1 Å². The molecule has 0 fully saturated rings. The molecule has 2 N–H and O–H groups in total. The van der Waals surface area contributed by atoms with Gasteiger partial charge in [-0.05, 0) is 31.0 Å². The Balaban J connectivity index is 2.84. The van der Waals surface area contributed by atoms with E-state index >= 15 is 0 Å². The summed E-state index contributed by atoms with van der Waals surface area (Å²) >= 11 is 0. The van der Waals surface area contributed by atoms with E-state index in [-0.39, 0.29) is 5.91 Å². The lowest BCUT2D eigenvalue weighted by molar-refractivity contribution is -0.125. The second kappa shape index (κ2) is 8.22. The molecule has 0 saturated heterocycles. The number of rotatable bonds is 7. The highest BCUT2D eigenvalue weighted by molar-refractivity contribution is 5.96. The molecule has 22 heavy (non-hydrogen) atoms. The predicted molar refractivity (Wildman–Crippen MR) is 88.9 cm³/mol. The molecule has 0 spiro atoms. The molecule has 1 aromatic rings. The van der Waals surface area contributed by atoms with Crippen LogP contribution in [0.4, 0.5) is 16.2 Å². The van der Waals surface area contributed by atoms with Crippen LogP contribution in [0.15, 0.2) is 36.9 Å². The molecule has 5 heteroatoms. The molecule has 0 aromatic heterocycles. The summed E-state index contributed by atoms with van der Waals surface area (Å²) in [6.07, 6.45) is 3.54.